The quantitative estimate of drug-likeness (QED) is 0.803. The molecule has 26 heavy (non-hydrogen) atoms. The normalized spacial score (nSPS) is 11.3. The second-order valence-electron chi connectivity index (χ2n) is 5.64. The van der Waals surface area contributed by atoms with Gasteiger partial charge in [-0.3, -0.25) is 4.79 Å². The van der Waals surface area contributed by atoms with Gasteiger partial charge >= 0.3 is 11.9 Å². The third-order valence-electron chi connectivity index (χ3n) is 3.97. The van der Waals surface area contributed by atoms with Crippen molar-refractivity contribution in [3.8, 4) is 0 Å². The molecular formula is C20H21NO5. The fourth-order valence-electron chi connectivity index (χ4n) is 2.66. The highest BCUT2D eigenvalue weighted by Gasteiger charge is 2.20. The van der Waals surface area contributed by atoms with Crippen LogP contribution in [0.2, 0.25) is 0 Å². The minimum atomic E-state index is -0.610. The van der Waals surface area contributed by atoms with Gasteiger partial charge in [0.2, 0.25) is 5.91 Å². The lowest BCUT2D eigenvalue weighted by Crippen LogP contribution is -2.21. The van der Waals surface area contributed by atoms with Crippen LogP contribution in [-0.4, -0.2) is 32.1 Å². The summed E-state index contributed by atoms with van der Waals surface area (Å²) < 4.78 is 9.40. The van der Waals surface area contributed by atoms with E-state index in [-0.39, 0.29) is 23.0 Å². The van der Waals surface area contributed by atoms with Crippen molar-refractivity contribution < 1.29 is 23.9 Å². The molecule has 0 aliphatic heterocycles. The molecular weight excluding hydrogens is 334 g/mol. The first-order chi connectivity index (χ1) is 12.5. The highest BCUT2D eigenvalue weighted by molar-refractivity contribution is 6.01. The summed E-state index contributed by atoms with van der Waals surface area (Å²) in [5.74, 6) is -1.79. The molecule has 0 aliphatic carbocycles. The molecule has 1 amide bonds. The standard InChI is InChI=1S/C20H21NO5/c1-4-17(13-8-6-5-7-9-13)18(22)21-16-11-14(19(23)25-2)10-15(12-16)20(24)26-3/h5-12,17H,4H2,1-3H3,(H,21,22). The first-order valence-electron chi connectivity index (χ1n) is 8.17. The molecule has 0 radical (unpaired) electrons. The summed E-state index contributed by atoms with van der Waals surface area (Å²) in [4.78, 5) is 36.4. The number of methoxy groups -OCH3 is 2. The van der Waals surface area contributed by atoms with Gasteiger partial charge in [-0.15, -0.1) is 0 Å². The molecule has 0 saturated carbocycles. The fourth-order valence-corrected chi connectivity index (χ4v) is 2.66. The number of hydrogen-bond acceptors (Lipinski definition) is 5. The van der Waals surface area contributed by atoms with E-state index in [1.807, 2.05) is 37.3 Å². The van der Waals surface area contributed by atoms with Crippen molar-refractivity contribution in [2.24, 2.45) is 0 Å². The Morgan fingerprint density at radius 3 is 1.92 bits per heavy atom. The van der Waals surface area contributed by atoms with Crippen molar-refractivity contribution in [1.29, 1.82) is 0 Å². The summed E-state index contributed by atoms with van der Waals surface area (Å²) in [6.45, 7) is 1.92. The predicted molar refractivity (Wildman–Crippen MR) is 97.2 cm³/mol. The van der Waals surface area contributed by atoms with Crippen molar-refractivity contribution in [3.05, 3.63) is 65.2 Å². The van der Waals surface area contributed by atoms with E-state index >= 15 is 0 Å². The number of hydrogen-bond donors (Lipinski definition) is 1. The van der Waals surface area contributed by atoms with Gasteiger partial charge < -0.3 is 14.8 Å². The summed E-state index contributed by atoms with van der Waals surface area (Å²) in [5, 5.41) is 2.78. The average molecular weight is 355 g/mol. The van der Waals surface area contributed by atoms with E-state index < -0.39 is 11.9 Å². The summed E-state index contributed by atoms with van der Waals surface area (Å²) in [6, 6.07) is 13.7. The maximum atomic E-state index is 12.7. The van der Waals surface area contributed by atoms with Crippen LogP contribution in [0.3, 0.4) is 0 Å². The maximum Gasteiger partial charge on any atom is 0.337 e. The number of rotatable bonds is 6. The molecule has 2 rings (SSSR count). The van der Waals surface area contributed by atoms with Gasteiger partial charge in [-0.2, -0.15) is 0 Å². The lowest BCUT2D eigenvalue weighted by Gasteiger charge is -2.16. The van der Waals surface area contributed by atoms with Crippen LogP contribution < -0.4 is 5.32 Å². The number of esters is 2. The summed E-state index contributed by atoms with van der Waals surface area (Å²) in [6.07, 6.45) is 0.608. The molecule has 1 N–H and O–H groups in total. The number of carbonyl (C=O) groups is 3. The van der Waals surface area contributed by atoms with E-state index in [2.05, 4.69) is 5.32 Å². The van der Waals surface area contributed by atoms with Gasteiger partial charge in [0.15, 0.2) is 0 Å². The monoisotopic (exact) mass is 355 g/mol. The van der Waals surface area contributed by atoms with Gasteiger partial charge in [0, 0.05) is 5.69 Å². The molecule has 0 aliphatic rings. The molecule has 2 aromatic carbocycles. The molecule has 0 bridgehead atoms. The zero-order chi connectivity index (χ0) is 19.1. The van der Waals surface area contributed by atoms with Crippen LogP contribution in [0.25, 0.3) is 0 Å². The summed E-state index contributed by atoms with van der Waals surface area (Å²) >= 11 is 0. The third kappa shape index (κ3) is 4.47. The third-order valence-corrected chi connectivity index (χ3v) is 3.97. The van der Waals surface area contributed by atoms with E-state index in [9.17, 15) is 14.4 Å². The molecule has 6 nitrogen and oxygen atoms in total. The van der Waals surface area contributed by atoms with Gasteiger partial charge in [0.1, 0.15) is 0 Å². The molecule has 0 aromatic heterocycles. The predicted octanol–water partition coefficient (Wildman–Crippen LogP) is 3.39. The zero-order valence-corrected chi connectivity index (χ0v) is 14.9. The number of carbonyl (C=O) groups excluding carboxylic acids is 3. The van der Waals surface area contributed by atoms with Crippen LogP contribution in [0.4, 0.5) is 5.69 Å². The molecule has 0 heterocycles. The summed E-state index contributed by atoms with van der Waals surface area (Å²) in [5.41, 5.74) is 1.52. The van der Waals surface area contributed by atoms with Crippen LogP contribution in [-0.2, 0) is 14.3 Å². The maximum absolute atomic E-state index is 12.7. The highest BCUT2D eigenvalue weighted by Crippen LogP contribution is 2.23. The van der Waals surface area contributed by atoms with Crippen molar-refractivity contribution in [2.45, 2.75) is 19.3 Å². The molecule has 1 atom stereocenters. The Morgan fingerprint density at radius 1 is 0.923 bits per heavy atom. The van der Waals surface area contributed by atoms with E-state index in [0.29, 0.717) is 12.1 Å². The van der Waals surface area contributed by atoms with E-state index in [1.54, 1.807) is 0 Å². The second-order valence-corrected chi connectivity index (χ2v) is 5.64. The Bertz CT molecular complexity index is 767. The minimum absolute atomic E-state index is 0.151. The van der Waals surface area contributed by atoms with Crippen LogP contribution in [0, 0.1) is 0 Å². The Kier molecular flexibility index (Phi) is 6.49. The topological polar surface area (TPSA) is 81.7 Å². The molecule has 0 spiro atoms. The van der Waals surface area contributed by atoms with Crippen molar-refractivity contribution in [2.75, 3.05) is 19.5 Å². The molecule has 136 valence electrons. The second kappa shape index (κ2) is 8.80. The van der Waals surface area contributed by atoms with E-state index in [4.69, 9.17) is 9.47 Å². The largest absolute Gasteiger partial charge is 0.465 e. The Balaban J connectivity index is 2.33. The van der Waals surface area contributed by atoms with Crippen LogP contribution >= 0.6 is 0 Å². The average Bonchev–Trinajstić information content (AvgIpc) is 2.67. The van der Waals surface area contributed by atoms with Gasteiger partial charge in [-0.25, -0.2) is 9.59 Å². The molecule has 1 unspecified atom stereocenters. The Hall–Kier alpha value is -3.15. The van der Waals surface area contributed by atoms with E-state index in [1.165, 1.54) is 32.4 Å². The number of ether oxygens (including phenoxy) is 2. The van der Waals surface area contributed by atoms with Gasteiger partial charge in [0.25, 0.3) is 0 Å². The van der Waals surface area contributed by atoms with E-state index in [0.717, 1.165) is 5.56 Å². The highest BCUT2D eigenvalue weighted by atomic mass is 16.5. The van der Waals surface area contributed by atoms with Crippen LogP contribution in [0.15, 0.2) is 48.5 Å². The number of amides is 1. The van der Waals surface area contributed by atoms with Gasteiger partial charge in [0.05, 0.1) is 31.3 Å². The Morgan fingerprint density at radius 2 is 1.46 bits per heavy atom. The fraction of sp³-hybridized carbons (Fsp3) is 0.250. The molecule has 6 heteroatoms. The number of nitrogens with one attached hydrogen (secondary N) is 1. The Labute approximate surface area is 152 Å². The van der Waals surface area contributed by atoms with Crippen molar-refractivity contribution >= 4 is 23.5 Å². The lowest BCUT2D eigenvalue weighted by molar-refractivity contribution is -0.117. The molecule has 0 fully saturated rings. The SMILES string of the molecule is CCC(C(=O)Nc1cc(C(=O)OC)cc(C(=O)OC)c1)c1ccccc1. The van der Waals surface area contributed by atoms with Crippen LogP contribution in [0.1, 0.15) is 45.5 Å². The minimum Gasteiger partial charge on any atom is -0.465 e. The molecule has 2 aromatic rings. The van der Waals surface area contributed by atoms with Gasteiger partial charge in [-0.1, -0.05) is 37.3 Å². The van der Waals surface area contributed by atoms with Crippen molar-refractivity contribution in [1.82, 2.24) is 0 Å². The number of benzene rings is 2. The van der Waals surface area contributed by atoms with Gasteiger partial charge in [-0.05, 0) is 30.2 Å². The number of anilines is 1. The smallest absolute Gasteiger partial charge is 0.337 e. The first kappa shape index (κ1) is 19.2. The first-order valence-corrected chi connectivity index (χ1v) is 8.17. The molecule has 0 saturated heterocycles. The lowest BCUT2D eigenvalue weighted by atomic mass is 9.95. The van der Waals surface area contributed by atoms with Crippen molar-refractivity contribution in [3.63, 3.8) is 0 Å². The van der Waals surface area contributed by atoms with Crippen LogP contribution in [0.5, 0.6) is 0 Å². The summed E-state index contributed by atoms with van der Waals surface area (Å²) in [7, 11) is 2.49. The zero-order valence-electron chi connectivity index (χ0n) is 14.9.